The zero-order chi connectivity index (χ0) is 20.1. The van der Waals surface area contributed by atoms with E-state index in [1.807, 2.05) is 54.6 Å². The van der Waals surface area contributed by atoms with Gasteiger partial charge in [-0.3, -0.25) is 14.6 Å². The number of hydrogen-bond acceptors (Lipinski definition) is 4. The molecule has 0 radical (unpaired) electrons. The van der Waals surface area contributed by atoms with Crippen molar-refractivity contribution in [2.45, 2.75) is 18.9 Å². The second kappa shape index (κ2) is 8.48. The number of para-hydroxylation sites is 1. The number of nitrogens with zero attached hydrogens (tertiary/aromatic N) is 2. The van der Waals surface area contributed by atoms with E-state index in [1.54, 1.807) is 24.4 Å². The lowest BCUT2D eigenvalue weighted by Gasteiger charge is -2.19. The molecule has 0 aliphatic rings. The molecule has 2 N–H and O–H groups in total. The van der Waals surface area contributed by atoms with Crippen molar-refractivity contribution in [3.8, 4) is 0 Å². The van der Waals surface area contributed by atoms with Crippen LogP contribution in [0.4, 0.5) is 0 Å². The summed E-state index contributed by atoms with van der Waals surface area (Å²) >= 11 is 0. The number of aryl methyl sites for hydroxylation is 1. The molecule has 6 heteroatoms. The van der Waals surface area contributed by atoms with Crippen LogP contribution < -0.4 is 10.9 Å². The molecule has 1 atom stereocenters. The molecule has 0 aliphatic carbocycles. The molecular formula is C23H20N4O2. The first-order chi connectivity index (χ1) is 14.2. The minimum atomic E-state index is -0.339. The van der Waals surface area contributed by atoms with Crippen LogP contribution in [0.1, 0.15) is 29.5 Å². The molecule has 4 aromatic rings. The average molecular weight is 384 g/mol. The van der Waals surface area contributed by atoms with Gasteiger partial charge in [-0.2, -0.15) is 0 Å². The van der Waals surface area contributed by atoms with E-state index in [0.717, 1.165) is 11.3 Å². The Morgan fingerprint density at radius 1 is 0.966 bits per heavy atom. The molecule has 0 saturated heterocycles. The molecule has 0 saturated carbocycles. The first kappa shape index (κ1) is 18.6. The number of carbonyl (C=O) groups is 1. The van der Waals surface area contributed by atoms with E-state index in [1.165, 1.54) is 0 Å². The van der Waals surface area contributed by atoms with Gasteiger partial charge >= 0.3 is 0 Å². The normalized spacial score (nSPS) is 11.9. The lowest BCUT2D eigenvalue weighted by Crippen LogP contribution is -2.30. The summed E-state index contributed by atoms with van der Waals surface area (Å²) in [5.41, 5.74) is 2.16. The fraction of sp³-hybridized carbons (Fsp3) is 0.130. The molecule has 0 spiro atoms. The molecule has 2 aromatic heterocycles. The number of rotatable bonds is 6. The van der Waals surface area contributed by atoms with Crippen molar-refractivity contribution in [3.63, 3.8) is 0 Å². The smallest absolute Gasteiger partial charge is 0.258 e. The van der Waals surface area contributed by atoms with Gasteiger partial charge in [0.15, 0.2) is 0 Å². The summed E-state index contributed by atoms with van der Waals surface area (Å²) in [5.74, 6) is 0.360. The molecule has 29 heavy (non-hydrogen) atoms. The highest BCUT2D eigenvalue weighted by Gasteiger charge is 2.18. The van der Waals surface area contributed by atoms with Crippen LogP contribution in [0, 0.1) is 0 Å². The van der Waals surface area contributed by atoms with Crippen LogP contribution in [-0.4, -0.2) is 20.9 Å². The fourth-order valence-corrected chi connectivity index (χ4v) is 3.24. The minimum absolute atomic E-state index is 0.139. The Morgan fingerprint density at radius 2 is 1.72 bits per heavy atom. The summed E-state index contributed by atoms with van der Waals surface area (Å²) in [7, 11) is 0. The van der Waals surface area contributed by atoms with Gasteiger partial charge < -0.3 is 10.3 Å². The predicted molar refractivity (Wildman–Crippen MR) is 111 cm³/mol. The topological polar surface area (TPSA) is 87.7 Å². The lowest BCUT2D eigenvalue weighted by atomic mass is 10.0. The van der Waals surface area contributed by atoms with Crippen molar-refractivity contribution in [1.82, 2.24) is 20.3 Å². The molecule has 2 aromatic carbocycles. The van der Waals surface area contributed by atoms with Crippen molar-refractivity contribution < 1.29 is 4.79 Å². The maximum Gasteiger partial charge on any atom is 0.258 e. The zero-order valence-electron chi connectivity index (χ0n) is 15.7. The van der Waals surface area contributed by atoms with Crippen LogP contribution in [0.5, 0.6) is 0 Å². The van der Waals surface area contributed by atoms with Crippen molar-refractivity contribution in [2.24, 2.45) is 0 Å². The van der Waals surface area contributed by atoms with Gasteiger partial charge in [0.1, 0.15) is 5.82 Å². The molecule has 6 nitrogen and oxygen atoms in total. The maximum atomic E-state index is 12.7. The van der Waals surface area contributed by atoms with Crippen LogP contribution in [0.3, 0.4) is 0 Å². The van der Waals surface area contributed by atoms with E-state index < -0.39 is 0 Å². The summed E-state index contributed by atoms with van der Waals surface area (Å²) in [4.78, 5) is 36.5. The van der Waals surface area contributed by atoms with E-state index in [4.69, 9.17) is 0 Å². The highest BCUT2D eigenvalue weighted by atomic mass is 16.1. The molecule has 0 aliphatic heterocycles. The van der Waals surface area contributed by atoms with Crippen LogP contribution in [-0.2, 0) is 11.2 Å². The Labute approximate surface area is 167 Å². The number of aromatic nitrogens is 3. The van der Waals surface area contributed by atoms with Crippen LogP contribution in [0.15, 0.2) is 83.8 Å². The SMILES string of the molecule is O=C(CCc1nc2ccccc2c(=O)[nH]1)NC(c1ccccc1)c1ccccn1. The molecule has 2 heterocycles. The number of hydrogen-bond donors (Lipinski definition) is 2. The first-order valence-electron chi connectivity index (χ1n) is 9.44. The predicted octanol–water partition coefficient (Wildman–Crippen LogP) is 3.16. The number of carbonyl (C=O) groups excluding carboxylic acids is 1. The van der Waals surface area contributed by atoms with Crippen molar-refractivity contribution in [3.05, 3.63) is 106 Å². The number of H-pyrrole nitrogens is 1. The van der Waals surface area contributed by atoms with Gasteiger partial charge in [0.25, 0.3) is 5.56 Å². The second-order valence-electron chi connectivity index (χ2n) is 6.70. The van der Waals surface area contributed by atoms with Gasteiger partial charge in [0.2, 0.25) is 5.91 Å². The quantitative estimate of drug-likeness (QED) is 0.535. The van der Waals surface area contributed by atoms with Crippen LogP contribution in [0.25, 0.3) is 10.9 Å². The number of aromatic amines is 1. The number of fused-ring (bicyclic) bond motifs is 1. The van der Waals surface area contributed by atoms with E-state index in [9.17, 15) is 9.59 Å². The fourth-order valence-electron chi connectivity index (χ4n) is 3.24. The standard InChI is InChI=1S/C23H20N4O2/c28-21(14-13-20-25-18-11-5-4-10-17(18)23(29)26-20)27-22(16-8-2-1-3-9-16)19-12-6-7-15-24-19/h1-12,15,22H,13-14H2,(H,27,28)(H,25,26,29). The Hall–Kier alpha value is -3.80. The molecule has 4 rings (SSSR count). The Kier molecular flexibility index (Phi) is 5.42. The second-order valence-corrected chi connectivity index (χ2v) is 6.70. The number of benzene rings is 2. The average Bonchev–Trinajstić information content (AvgIpc) is 2.77. The van der Waals surface area contributed by atoms with E-state index in [-0.39, 0.29) is 23.9 Å². The number of nitrogens with one attached hydrogen (secondary N) is 2. The highest BCUT2D eigenvalue weighted by molar-refractivity contribution is 5.78. The molecule has 1 amide bonds. The number of pyridine rings is 1. The lowest BCUT2D eigenvalue weighted by molar-refractivity contribution is -0.121. The summed E-state index contributed by atoms with van der Waals surface area (Å²) < 4.78 is 0. The van der Waals surface area contributed by atoms with E-state index in [2.05, 4.69) is 20.3 Å². The Bertz CT molecular complexity index is 1130. The highest BCUT2D eigenvalue weighted by Crippen LogP contribution is 2.20. The van der Waals surface area contributed by atoms with Crippen molar-refractivity contribution in [2.75, 3.05) is 0 Å². The Morgan fingerprint density at radius 3 is 2.52 bits per heavy atom. The first-order valence-corrected chi connectivity index (χ1v) is 9.44. The van der Waals surface area contributed by atoms with Gasteiger partial charge in [-0.05, 0) is 29.8 Å². The molecular weight excluding hydrogens is 364 g/mol. The largest absolute Gasteiger partial charge is 0.344 e. The number of amides is 1. The molecule has 144 valence electrons. The summed E-state index contributed by atoms with van der Waals surface area (Å²) in [6, 6.07) is 22.2. The molecule has 1 unspecified atom stereocenters. The van der Waals surface area contributed by atoms with E-state index in [0.29, 0.717) is 23.1 Å². The van der Waals surface area contributed by atoms with Gasteiger partial charge in [0, 0.05) is 19.0 Å². The van der Waals surface area contributed by atoms with Crippen molar-refractivity contribution >= 4 is 16.8 Å². The minimum Gasteiger partial charge on any atom is -0.344 e. The third-order valence-corrected chi connectivity index (χ3v) is 4.67. The van der Waals surface area contributed by atoms with Gasteiger partial charge in [-0.1, -0.05) is 48.5 Å². The van der Waals surface area contributed by atoms with Crippen molar-refractivity contribution in [1.29, 1.82) is 0 Å². The monoisotopic (exact) mass is 384 g/mol. The van der Waals surface area contributed by atoms with Crippen LogP contribution >= 0.6 is 0 Å². The Balaban J connectivity index is 1.50. The third-order valence-electron chi connectivity index (χ3n) is 4.67. The third kappa shape index (κ3) is 4.38. The van der Waals surface area contributed by atoms with Gasteiger partial charge in [-0.25, -0.2) is 4.98 Å². The molecule has 0 fully saturated rings. The summed E-state index contributed by atoms with van der Waals surface area (Å²) in [6.07, 6.45) is 2.26. The maximum absolute atomic E-state index is 12.7. The van der Waals surface area contributed by atoms with E-state index >= 15 is 0 Å². The summed E-state index contributed by atoms with van der Waals surface area (Å²) in [6.45, 7) is 0. The van der Waals surface area contributed by atoms with Gasteiger partial charge in [0.05, 0.1) is 22.6 Å². The van der Waals surface area contributed by atoms with Crippen LogP contribution in [0.2, 0.25) is 0 Å². The summed E-state index contributed by atoms with van der Waals surface area (Å²) in [5, 5.41) is 3.59. The van der Waals surface area contributed by atoms with Gasteiger partial charge in [-0.15, -0.1) is 0 Å². The molecule has 0 bridgehead atoms. The zero-order valence-corrected chi connectivity index (χ0v) is 15.7.